The van der Waals surface area contributed by atoms with Crippen LogP contribution in [-0.4, -0.2) is 29.6 Å². The van der Waals surface area contributed by atoms with Gasteiger partial charge in [-0.15, -0.1) is 0 Å². The molecule has 24 heavy (non-hydrogen) atoms. The molecule has 9 heteroatoms. The van der Waals surface area contributed by atoms with Crippen LogP contribution in [0.2, 0.25) is 0 Å². The van der Waals surface area contributed by atoms with Gasteiger partial charge in [0.1, 0.15) is 0 Å². The molecule has 0 radical (unpaired) electrons. The molecule has 1 aromatic carbocycles. The first kappa shape index (κ1) is 17.6. The van der Waals surface area contributed by atoms with Crippen molar-refractivity contribution in [3.8, 4) is 0 Å². The molecular weight excluding hydrogens is 355 g/mol. The lowest BCUT2D eigenvalue weighted by atomic mass is 9.81. The van der Waals surface area contributed by atoms with E-state index in [9.17, 15) is 35.5 Å². The summed E-state index contributed by atoms with van der Waals surface area (Å²) in [5.41, 5.74) is -2.93. The van der Waals surface area contributed by atoms with Crippen molar-refractivity contribution in [3.05, 3.63) is 34.6 Å². The molecule has 0 aliphatic carbocycles. The molecule has 2 unspecified atom stereocenters. The number of aliphatic hydroxyl groups is 1. The summed E-state index contributed by atoms with van der Waals surface area (Å²) in [7, 11) is -3.43. The Bertz CT molecular complexity index is 744. The zero-order chi connectivity index (χ0) is 17.9. The second kappa shape index (κ2) is 5.66. The van der Waals surface area contributed by atoms with Gasteiger partial charge in [-0.3, -0.25) is 0 Å². The molecule has 3 rings (SSSR count). The number of hydrogen-bond acceptors (Lipinski definition) is 3. The fraction of sp³-hybridized carbons (Fsp3) is 0.600. The highest BCUT2D eigenvalue weighted by Crippen LogP contribution is 2.43. The molecule has 2 aliphatic rings. The number of hydrogen-bond donors (Lipinski definition) is 1. The monoisotopic (exact) mass is 370 g/mol. The summed E-state index contributed by atoms with van der Waals surface area (Å²) < 4.78 is 91.7. The number of sulfone groups is 1. The predicted molar refractivity (Wildman–Crippen MR) is 74.5 cm³/mol. The SMILES string of the molecule is O=S1(=O)C2CCCC1CC(O)(Cc1c(F)c(F)c(F)c(F)c1F)C2. The minimum atomic E-state index is -3.43. The maximum absolute atomic E-state index is 13.8. The normalized spacial score (nSPS) is 31.9. The molecule has 3 nitrogen and oxygen atoms in total. The van der Waals surface area contributed by atoms with Crippen molar-refractivity contribution in [1.29, 1.82) is 0 Å². The summed E-state index contributed by atoms with van der Waals surface area (Å²) >= 11 is 0. The molecule has 134 valence electrons. The minimum absolute atomic E-state index is 0.272. The highest BCUT2D eigenvalue weighted by Gasteiger charge is 2.50. The third-order valence-corrected chi connectivity index (χ3v) is 7.67. The van der Waals surface area contributed by atoms with Crippen LogP contribution in [0.25, 0.3) is 0 Å². The Hall–Kier alpha value is -1.22. The predicted octanol–water partition coefficient (Wildman–Crippen LogP) is 2.79. The van der Waals surface area contributed by atoms with Crippen molar-refractivity contribution in [3.63, 3.8) is 0 Å². The largest absolute Gasteiger partial charge is 0.389 e. The molecule has 2 atom stereocenters. The Morgan fingerprint density at radius 3 is 1.75 bits per heavy atom. The number of rotatable bonds is 2. The molecule has 2 fully saturated rings. The van der Waals surface area contributed by atoms with Crippen LogP contribution in [0, 0.1) is 29.1 Å². The quantitative estimate of drug-likeness (QED) is 0.495. The van der Waals surface area contributed by atoms with Crippen LogP contribution in [-0.2, 0) is 16.3 Å². The molecule has 1 N–H and O–H groups in total. The fourth-order valence-electron chi connectivity index (χ4n) is 3.82. The van der Waals surface area contributed by atoms with E-state index in [2.05, 4.69) is 0 Å². The highest BCUT2D eigenvalue weighted by atomic mass is 32.2. The van der Waals surface area contributed by atoms with Gasteiger partial charge < -0.3 is 5.11 Å². The fourth-order valence-corrected chi connectivity index (χ4v) is 6.44. The van der Waals surface area contributed by atoms with Crippen molar-refractivity contribution < 1.29 is 35.5 Å². The molecule has 2 saturated heterocycles. The maximum Gasteiger partial charge on any atom is 0.200 e. The summed E-state index contributed by atoms with van der Waals surface area (Å²) in [5.74, 6) is -10.4. The smallest absolute Gasteiger partial charge is 0.200 e. The van der Waals surface area contributed by atoms with Crippen molar-refractivity contribution >= 4 is 9.84 Å². The van der Waals surface area contributed by atoms with Crippen molar-refractivity contribution in [1.82, 2.24) is 0 Å². The molecule has 2 aliphatic heterocycles. The van der Waals surface area contributed by atoms with E-state index in [1.54, 1.807) is 0 Å². The first-order valence-electron chi connectivity index (χ1n) is 7.52. The zero-order valence-electron chi connectivity index (χ0n) is 12.5. The lowest BCUT2D eigenvalue weighted by molar-refractivity contribution is 0.00808. The Labute approximate surface area is 135 Å². The van der Waals surface area contributed by atoms with Crippen LogP contribution >= 0.6 is 0 Å². The van der Waals surface area contributed by atoms with E-state index in [1.165, 1.54) is 0 Å². The van der Waals surface area contributed by atoms with E-state index in [0.29, 0.717) is 19.3 Å². The number of fused-ring (bicyclic) bond motifs is 2. The molecule has 2 heterocycles. The van der Waals surface area contributed by atoms with Crippen LogP contribution in [0.1, 0.15) is 37.7 Å². The molecule has 0 amide bonds. The van der Waals surface area contributed by atoms with Gasteiger partial charge in [-0.05, 0) is 25.7 Å². The molecular formula is C15H15F5O3S. The summed E-state index contributed by atoms with van der Waals surface area (Å²) in [4.78, 5) is 0. The van der Waals surface area contributed by atoms with Gasteiger partial charge in [0.25, 0.3) is 0 Å². The third-order valence-electron chi connectivity index (χ3n) is 5.00. The van der Waals surface area contributed by atoms with Crippen LogP contribution in [0.5, 0.6) is 0 Å². The lowest BCUT2D eigenvalue weighted by Gasteiger charge is -2.44. The second-order valence-corrected chi connectivity index (χ2v) is 9.13. The van der Waals surface area contributed by atoms with Gasteiger partial charge >= 0.3 is 0 Å². The van der Waals surface area contributed by atoms with Gasteiger partial charge in [0.15, 0.2) is 33.1 Å². The van der Waals surface area contributed by atoms with E-state index < -0.39 is 67.0 Å². The minimum Gasteiger partial charge on any atom is -0.389 e. The van der Waals surface area contributed by atoms with Crippen LogP contribution < -0.4 is 0 Å². The highest BCUT2D eigenvalue weighted by molar-refractivity contribution is 7.92. The summed E-state index contributed by atoms with van der Waals surface area (Å²) in [5, 5.41) is 8.92. The van der Waals surface area contributed by atoms with E-state index in [1.807, 2.05) is 0 Å². The van der Waals surface area contributed by atoms with Crippen LogP contribution in [0.3, 0.4) is 0 Å². The Kier molecular flexibility index (Phi) is 4.15. The van der Waals surface area contributed by atoms with E-state index in [4.69, 9.17) is 0 Å². The van der Waals surface area contributed by atoms with Crippen molar-refractivity contribution in [2.24, 2.45) is 0 Å². The average Bonchev–Trinajstić information content (AvgIpc) is 2.50. The van der Waals surface area contributed by atoms with Crippen molar-refractivity contribution in [2.45, 2.75) is 54.6 Å². The summed E-state index contributed by atoms with van der Waals surface area (Å²) in [6.07, 6.45) is -0.0678. The maximum atomic E-state index is 13.8. The van der Waals surface area contributed by atoms with Crippen LogP contribution in [0.15, 0.2) is 0 Å². The van der Waals surface area contributed by atoms with Gasteiger partial charge in [0.05, 0.1) is 16.1 Å². The third kappa shape index (κ3) is 2.61. The molecule has 2 bridgehead atoms. The standard InChI is InChI=1S/C15H15F5O3S/c16-10-9(11(17)13(19)14(20)12(10)18)6-15(21)4-7-2-1-3-8(5-15)24(7,22)23/h7-8,21H,1-6H2. The topological polar surface area (TPSA) is 54.4 Å². The first-order valence-corrected chi connectivity index (χ1v) is 9.13. The van der Waals surface area contributed by atoms with Gasteiger partial charge in [0.2, 0.25) is 5.82 Å². The molecule has 0 saturated carbocycles. The van der Waals surface area contributed by atoms with Gasteiger partial charge in [0, 0.05) is 12.0 Å². The number of halogens is 5. The van der Waals surface area contributed by atoms with E-state index in [-0.39, 0.29) is 12.8 Å². The first-order chi connectivity index (χ1) is 11.1. The van der Waals surface area contributed by atoms with Crippen molar-refractivity contribution in [2.75, 3.05) is 0 Å². The molecule has 0 spiro atoms. The van der Waals surface area contributed by atoms with E-state index in [0.717, 1.165) is 0 Å². The van der Waals surface area contributed by atoms with Gasteiger partial charge in [-0.2, -0.15) is 0 Å². The molecule has 0 aromatic heterocycles. The van der Waals surface area contributed by atoms with E-state index >= 15 is 0 Å². The molecule has 1 aromatic rings. The summed E-state index contributed by atoms with van der Waals surface area (Å²) in [6, 6.07) is 0. The second-order valence-electron chi connectivity index (χ2n) is 6.62. The number of benzene rings is 1. The summed E-state index contributed by atoms with van der Waals surface area (Å²) in [6.45, 7) is 0. The van der Waals surface area contributed by atoms with Gasteiger partial charge in [-0.1, -0.05) is 6.42 Å². The Morgan fingerprint density at radius 1 is 0.875 bits per heavy atom. The Morgan fingerprint density at radius 2 is 1.29 bits per heavy atom. The zero-order valence-corrected chi connectivity index (χ0v) is 13.3. The lowest BCUT2D eigenvalue weighted by Crippen LogP contribution is -2.52. The Balaban J connectivity index is 1.98. The van der Waals surface area contributed by atoms with Gasteiger partial charge in [-0.25, -0.2) is 30.4 Å². The average molecular weight is 370 g/mol. The van der Waals surface area contributed by atoms with Crippen LogP contribution in [0.4, 0.5) is 22.0 Å².